The lowest BCUT2D eigenvalue weighted by Crippen LogP contribution is -2.07. The molecule has 0 saturated carbocycles. The Morgan fingerprint density at radius 1 is 0.700 bits per heavy atom. The Kier molecular flexibility index (Phi) is 10.1. The summed E-state index contributed by atoms with van der Waals surface area (Å²) in [5, 5.41) is 19.9. The summed E-state index contributed by atoms with van der Waals surface area (Å²) in [5.41, 5.74) is 0.964. The van der Waals surface area contributed by atoms with Gasteiger partial charge in [0.05, 0.1) is 8.95 Å². The summed E-state index contributed by atoms with van der Waals surface area (Å²) in [6, 6.07) is 6.73. The van der Waals surface area contributed by atoms with Crippen molar-refractivity contribution in [2.24, 2.45) is 0 Å². The Labute approximate surface area is 207 Å². The van der Waals surface area contributed by atoms with Crippen LogP contribution in [0.25, 0.3) is 0 Å². The first-order valence-electron chi connectivity index (χ1n) is 8.82. The van der Waals surface area contributed by atoms with Gasteiger partial charge in [-0.3, -0.25) is 9.59 Å². The van der Waals surface area contributed by atoms with Gasteiger partial charge >= 0.3 is 11.9 Å². The molecule has 6 nitrogen and oxygen atoms in total. The number of hydrogen-bond donors (Lipinski definition) is 2. The molecule has 0 atom stereocenters. The zero-order valence-electron chi connectivity index (χ0n) is 15.6. The molecule has 2 aromatic carbocycles. The maximum absolute atomic E-state index is 11.9. The molecule has 30 heavy (non-hydrogen) atoms. The topological polar surface area (TPSA) is 93.1 Å². The van der Waals surface area contributed by atoms with Gasteiger partial charge in [-0.25, -0.2) is 0 Å². The molecule has 0 spiro atoms. The number of phenolic OH excluding ortho intramolecular Hbond substituents is 2. The van der Waals surface area contributed by atoms with E-state index in [4.69, 9.17) is 9.47 Å². The minimum absolute atomic E-state index is 0.0252. The Bertz CT molecular complexity index is 856. The van der Waals surface area contributed by atoms with E-state index in [1.165, 1.54) is 0 Å². The number of carbonyl (C=O) groups is 2. The molecule has 0 heterocycles. The molecule has 10 heteroatoms. The van der Waals surface area contributed by atoms with Gasteiger partial charge in [0.15, 0.2) is 0 Å². The lowest BCUT2D eigenvalue weighted by atomic mass is 10.2. The molecule has 0 amide bonds. The van der Waals surface area contributed by atoms with E-state index in [0.717, 1.165) is 8.95 Å². The summed E-state index contributed by atoms with van der Waals surface area (Å²) >= 11 is 13.1. The number of phenols is 2. The lowest BCUT2D eigenvalue weighted by molar-refractivity contribution is -0.147. The predicted molar refractivity (Wildman–Crippen MR) is 125 cm³/mol. The third-order valence-corrected chi connectivity index (χ3v) is 6.13. The molecule has 0 radical (unpaired) electrons. The normalized spacial score (nSPS) is 10.7. The molecule has 2 rings (SSSR count). The van der Waals surface area contributed by atoms with Crippen molar-refractivity contribution in [2.45, 2.75) is 38.9 Å². The average Bonchev–Trinajstić information content (AvgIpc) is 2.68. The molecule has 0 aliphatic carbocycles. The highest BCUT2D eigenvalue weighted by atomic mass is 79.9. The van der Waals surface area contributed by atoms with Crippen molar-refractivity contribution in [1.82, 2.24) is 0 Å². The van der Waals surface area contributed by atoms with Crippen molar-refractivity contribution in [3.05, 3.63) is 53.3 Å². The number of hydrogen-bond acceptors (Lipinski definition) is 6. The van der Waals surface area contributed by atoms with E-state index in [-0.39, 0.29) is 37.6 Å². The van der Waals surface area contributed by atoms with Crippen LogP contribution in [-0.4, -0.2) is 22.2 Å². The summed E-state index contributed by atoms with van der Waals surface area (Å²) in [6.07, 6.45) is 1.25. The summed E-state index contributed by atoms with van der Waals surface area (Å²) in [6.45, 7) is -0.0904. The molecule has 0 aromatic heterocycles. The Morgan fingerprint density at radius 3 is 1.43 bits per heavy atom. The number of ether oxygens (including phenoxy) is 2. The number of carbonyl (C=O) groups excluding carboxylic acids is 2. The largest absolute Gasteiger partial charge is 0.506 e. The summed E-state index contributed by atoms with van der Waals surface area (Å²) < 4.78 is 12.9. The van der Waals surface area contributed by atoms with Crippen molar-refractivity contribution < 1.29 is 29.3 Å². The molecule has 0 saturated heterocycles. The van der Waals surface area contributed by atoms with Crippen molar-refractivity contribution in [1.29, 1.82) is 0 Å². The third-order valence-electron chi connectivity index (χ3n) is 4.00. The smallest absolute Gasteiger partial charge is 0.306 e. The van der Waals surface area contributed by atoms with Crippen LogP contribution in [0.4, 0.5) is 0 Å². The van der Waals surface area contributed by atoms with Crippen molar-refractivity contribution in [2.75, 3.05) is 0 Å². The quantitative estimate of drug-likeness (QED) is 0.234. The number of unbranched alkanes of at least 4 members (excludes halogenated alkanes) is 1. The second-order valence-corrected chi connectivity index (χ2v) is 9.86. The molecule has 0 fully saturated rings. The molecular weight excluding hydrogens is 656 g/mol. The van der Waals surface area contributed by atoms with Crippen molar-refractivity contribution in [3.8, 4) is 11.5 Å². The van der Waals surface area contributed by atoms with Gasteiger partial charge < -0.3 is 19.7 Å². The summed E-state index contributed by atoms with van der Waals surface area (Å²) in [4.78, 5) is 23.7. The molecule has 0 bridgehead atoms. The van der Waals surface area contributed by atoms with Crippen LogP contribution in [0.5, 0.6) is 11.5 Å². The van der Waals surface area contributed by atoms with Crippen LogP contribution >= 0.6 is 63.7 Å². The predicted octanol–water partition coefficient (Wildman–Crippen LogP) is 6.49. The second-order valence-electron chi connectivity index (χ2n) is 6.32. The average molecular weight is 674 g/mol. The number of rotatable bonds is 9. The molecule has 0 aliphatic heterocycles. The van der Waals surface area contributed by atoms with Crippen LogP contribution in [-0.2, 0) is 32.3 Å². The van der Waals surface area contributed by atoms with Crippen LogP contribution in [0, 0.1) is 0 Å². The van der Waals surface area contributed by atoms with Gasteiger partial charge in [0.1, 0.15) is 24.7 Å². The first-order valence-corrected chi connectivity index (χ1v) is 12.0. The number of aromatic hydroxyl groups is 2. The Balaban J connectivity index is 1.67. The number of halogens is 4. The van der Waals surface area contributed by atoms with Gasteiger partial charge in [0.2, 0.25) is 0 Å². The fourth-order valence-corrected chi connectivity index (χ4v) is 5.09. The van der Waals surface area contributed by atoms with E-state index in [0.29, 0.717) is 32.9 Å². The van der Waals surface area contributed by atoms with E-state index < -0.39 is 11.9 Å². The van der Waals surface area contributed by atoms with Gasteiger partial charge in [0.25, 0.3) is 0 Å². The first kappa shape index (κ1) is 25.2. The van der Waals surface area contributed by atoms with E-state index in [2.05, 4.69) is 63.7 Å². The molecule has 2 N–H and O–H groups in total. The van der Waals surface area contributed by atoms with Crippen LogP contribution in [0.1, 0.15) is 36.8 Å². The highest BCUT2D eigenvalue weighted by Crippen LogP contribution is 2.33. The summed E-state index contributed by atoms with van der Waals surface area (Å²) in [5.74, 6) is -0.778. The van der Waals surface area contributed by atoms with E-state index in [1.807, 2.05) is 0 Å². The summed E-state index contributed by atoms with van der Waals surface area (Å²) in [7, 11) is 0. The van der Waals surface area contributed by atoms with Gasteiger partial charge in [-0.1, -0.05) is 31.9 Å². The van der Waals surface area contributed by atoms with Crippen LogP contribution in [0.15, 0.2) is 42.2 Å². The third kappa shape index (κ3) is 7.86. The van der Waals surface area contributed by atoms with Crippen LogP contribution in [0.3, 0.4) is 0 Å². The Morgan fingerprint density at radius 2 is 1.07 bits per heavy atom. The Hall–Kier alpha value is -1.10. The SMILES string of the molecule is O=C(CCCCC(=O)OCc1cc(Br)cc(Br)c1O)OCc1cc(Br)cc(Br)c1O. The highest BCUT2D eigenvalue weighted by molar-refractivity contribution is 9.11. The monoisotopic (exact) mass is 670 g/mol. The van der Waals surface area contributed by atoms with Crippen molar-refractivity contribution in [3.63, 3.8) is 0 Å². The second kappa shape index (κ2) is 12.1. The number of benzene rings is 2. The molecule has 162 valence electrons. The van der Waals surface area contributed by atoms with Gasteiger partial charge in [-0.15, -0.1) is 0 Å². The minimum Gasteiger partial charge on any atom is -0.506 e. The zero-order valence-corrected chi connectivity index (χ0v) is 21.9. The van der Waals surface area contributed by atoms with Crippen LogP contribution < -0.4 is 0 Å². The van der Waals surface area contributed by atoms with Gasteiger partial charge in [0, 0.05) is 32.9 Å². The highest BCUT2D eigenvalue weighted by Gasteiger charge is 2.12. The van der Waals surface area contributed by atoms with Gasteiger partial charge in [-0.05, 0) is 69.0 Å². The number of esters is 2. The fourth-order valence-electron chi connectivity index (χ4n) is 2.46. The van der Waals surface area contributed by atoms with Crippen LogP contribution in [0.2, 0.25) is 0 Å². The molecule has 0 aliphatic rings. The maximum atomic E-state index is 11.9. The molecule has 0 unspecified atom stereocenters. The molecule has 2 aromatic rings. The molecular formula is C20H18Br4O6. The maximum Gasteiger partial charge on any atom is 0.306 e. The zero-order chi connectivity index (χ0) is 22.3. The standard InChI is InChI=1S/C20H18Br4O6/c21-13-5-11(19(27)15(23)7-13)9-29-17(25)3-1-2-4-18(26)30-10-12-6-14(22)8-16(24)20(12)28/h5-8,27-28H,1-4,9-10H2. The van der Waals surface area contributed by atoms with Crippen molar-refractivity contribution >= 4 is 75.7 Å². The van der Waals surface area contributed by atoms with E-state index in [1.54, 1.807) is 24.3 Å². The minimum atomic E-state index is -0.414. The fraction of sp³-hybridized carbons (Fsp3) is 0.300. The van der Waals surface area contributed by atoms with E-state index >= 15 is 0 Å². The van der Waals surface area contributed by atoms with E-state index in [9.17, 15) is 19.8 Å². The van der Waals surface area contributed by atoms with Gasteiger partial charge in [-0.2, -0.15) is 0 Å². The first-order chi connectivity index (χ1) is 14.2. The lowest BCUT2D eigenvalue weighted by Gasteiger charge is -2.09.